The number of anilines is 1. The highest BCUT2D eigenvalue weighted by Gasteiger charge is 2.28. The van der Waals surface area contributed by atoms with Crippen molar-refractivity contribution in [2.45, 2.75) is 6.42 Å². The smallest absolute Gasteiger partial charge is 0.231 e. The first-order valence-electron chi connectivity index (χ1n) is 7.51. The van der Waals surface area contributed by atoms with Gasteiger partial charge in [-0.25, -0.2) is 4.98 Å². The van der Waals surface area contributed by atoms with Gasteiger partial charge in [-0.1, -0.05) is 6.07 Å². The Labute approximate surface area is 133 Å². The third-order valence-corrected chi connectivity index (χ3v) is 4.23. The van der Waals surface area contributed by atoms with E-state index < -0.39 is 0 Å². The van der Waals surface area contributed by atoms with E-state index >= 15 is 0 Å². The number of β-amino-alcohol motifs (C(OH)–C–C–N with tert-alkyl or cyclic N) is 1. The van der Waals surface area contributed by atoms with E-state index in [4.69, 9.17) is 0 Å². The van der Waals surface area contributed by atoms with Crippen LogP contribution in [-0.2, 0) is 18.3 Å². The minimum absolute atomic E-state index is 0.0225. The van der Waals surface area contributed by atoms with Crippen LogP contribution >= 0.6 is 0 Å². The van der Waals surface area contributed by atoms with Crippen LogP contribution in [0.2, 0.25) is 0 Å². The molecular formula is C17H16N4O2. The fourth-order valence-electron chi connectivity index (χ4n) is 3.13. The van der Waals surface area contributed by atoms with Gasteiger partial charge in [-0.15, -0.1) is 0 Å². The fraction of sp³-hybridized carbons (Fsp3) is 0.235. The molecule has 116 valence electrons. The Morgan fingerprint density at radius 3 is 2.91 bits per heavy atom. The molecule has 2 aromatic heterocycles. The lowest BCUT2D eigenvalue weighted by atomic mass is 10.1. The highest BCUT2D eigenvalue weighted by atomic mass is 16.3. The molecule has 0 bridgehead atoms. The maximum Gasteiger partial charge on any atom is 0.231 e. The topological polar surface area (TPSA) is 71.2 Å². The van der Waals surface area contributed by atoms with Crippen molar-refractivity contribution in [3.63, 3.8) is 0 Å². The molecule has 0 saturated carbocycles. The van der Waals surface area contributed by atoms with Crippen molar-refractivity contribution in [3.8, 4) is 11.5 Å². The van der Waals surface area contributed by atoms with Gasteiger partial charge in [-0.3, -0.25) is 9.78 Å². The van der Waals surface area contributed by atoms with Gasteiger partial charge in [-0.2, -0.15) is 0 Å². The zero-order valence-electron chi connectivity index (χ0n) is 12.7. The minimum atomic E-state index is -0.0478. The van der Waals surface area contributed by atoms with Crippen LogP contribution in [0, 0.1) is 0 Å². The van der Waals surface area contributed by atoms with Crippen molar-refractivity contribution in [2.24, 2.45) is 7.05 Å². The Kier molecular flexibility index (Phi) is 3.12. The van der Waals surface area contributed by atoms with Crippen LogP contribution in [0.15, 0.2) is 36.5 Å². The zero-order valence-corrected chi connectivity index (χ0v) is 12.7. The number of amides is 1. The van der Waals surface area contributed by atoms with Crippen molar-refractivity contribution in [3.05, 3.63) is 42.1 Å². The summed E-state index contributed by atoms with van der Waals surface area (Å²) in [6.07, 6.45) is 2.11. The van der Waals surface area contributed by atoms with Crippen LogP contribution in [0.25, 0.3) is 22.6 Å². The van der Waals surface area contributed by atoms with E-state index in [1.54, 1.807) is 11.1 Å². The Morgan fingerprint density at radius 1 is 1.30 bits per heavy atom. The summed E-state index contributed by atoms with van der Waals surface area (Å²) >= 11 is 0. The number of carbonyl (C=O) groups excluding carboxylic acids is 1. The fourth-order valence-corrected chi connectivity index (χ4v) is 3.13. The lowest BCUT2D eigenvalue weighted by Gasteiger charge is -2.15. The molecule has 1 amide bonds. The number of imidazole rings is 1. The number of hydrogen-bond acceptors (Lipinski definition) is 4. The number of hydrogen-bond donors (Lipinski definition) is 1. The van der Waals surface area contributed by atoms with E-state index in [1.807, 2.05) is 41.9 Å². The molecule has 6 heteroatoms. The largest absolute Gasteiger partial charge is 0.395 e. The molecule has 0 aliphatic carbocycles. The summed E-state index contributed by atoms with van der Waals surface area (Å²) in [5.41, 5.74) is 4.44. The molecule has 3 aromatic rings. The summed E-state index contributed by atoms with van der Waals surface area (Å²) in [7, 11) is 1.94. The van der Waals surface area contributed by atoms with Gasteiger partial charge in [0.1, 0.15) is 5.69 Å². The van der Waals surface area contributed by atoms with Crippen LogP contribution in [-0.4, -0.2) is 38.7 Å². The van der Waals surface area contributed by atoms with Crippen LogP contribution < -0.4 is 4.90 Å². The van der Waals surface area contributed by atoms with Crippen molar-refractivity contribution in [2.75, 3.05) is 18.1 Å². The Morgan fingerprint density at radius 2 is 2.17 bits per heavy atom. The van der Waals surface area contributed by atoms with E-state index in [0.29, 0.717) is 13.0 Å². The highest BCUT2D eigenvalue weighted by molar-refractivity contribution is 6.04. The summed E-state index contributed by atoms with van der Waals surface area (Å²) in [6, 6.07) is 9.68. The first-order chi connectivity index (χ1) is 11.2. The number of fused-ring (bicyclic) bond motifs is 2. The number of carbonyl (C=O) groups is 1. The number of aromatic nitrogens is 3. The third kappa shape index (κ3) is 2.10. The zero-order chi connectivity index (χ0) is 16.0. The third-order valence-electron chi connectivity index (χ3n) is 4.23. The number of rotatable bonds is 3. The number of aliphatic hydroxyl groups is 1. The molecular weight excluding hydrogens is 292 g/mol. The average molecular weight is 308 g/mol. The van der Waals surface area contributed by atoms with Gasteiger partial charge in [0.15, 0.2) is 5.82 Å². The number of pyridine rings is 1. The molecule has 23 heavy (non-hydrogen) atoms. The van der Waals surface area contributed by atoms with Gasteiger partial charge in [0.05, 0.1) is 24.1 Å². The SMILES string of the molecule is Cn1c(-c2ccccn2)nc2cc3c(cc21)N(CCO)C(=O)C3. The highest BCUT2D eigenvalue weighted by Crippen LogP contribution is 2.34. The van der Waals surface area contributed by atoms with Crippen LogP contribution in [0.4, 0.5) is 5.69 Å². The van der Waals surface area contributed by atoms with E-state index in [-0.39, 0.29) is 12.5 Å². The van der Waals surface area contributed by atoms with Gasteiger partial charge in [0.2, 0.25) is 5.91 Å². The minimum Gasteiger partial charge on any atom is -0.395 e. The molecule has 4 rings (SSSR count). The van der Waals surface area contributed by atoms with Crippen LogP contribution in [0.1, 0.15) is 5.56 Å². The monoisotopic (exact) mass is 308 g/mol. The van der Waals surface area contributed by atoms with Crippen molar-refractivity contribution in [1.82, 2.24) is 14.5 Å². The second kappa shape index (κ2) is 5.17. The number of nitrogens with zero attached hydrogens (tertiary/aromatic N) is 4. The van der Waals surface area contributed by atoms with E-state index in [0.717, 1.165) is 33.8 Å². The Bertz CT molecular complexity index is 902. The molecule has 0 fully saturated rings. The number of aryl methyl sites for hydroxylation is 1. The standard InChI is InChI=1S/C17H16N4O2/c1-20-15-10-14-11(9-16(23)21(14)6-7-22)8-13(15)19-17(20)12-4-2-3-5-18-12/h2-5,8,10,22H,6-7,9H2,1H3. The molecule has 6 nitrogen and oxygen atoms in total. The lowest BCUT2D eigenvalue weighted by Crippen LogP contribution is -2.29. The Balaban J connectivity index is 1.88. The Hall–Kier alpha value is -2.73. The quantitative estimate of drug-likeness (QED) is 0.796. The van der Waals surface area contributed by atoms with E-state index in [9.17, 15) is 9.90 Å². The van der Waals surface area contributed by atoms with Crippen molar-refractivity contribution < 1.29 is 9.90 Å². The molecule has 0 saturated heterocycles. The summed E-state index contributed by atoms with van der Waals surface area (Å²) in [5, 5.41) is 9.17. The predicted molar refractivity (Wildman–Crippen MR) is 87.1 cm³/mol. The second-order valence-corrected chi connectivity index (χ2v) is 5.62. The van der Waals surface area contributed by atoms with Gasteiger partial charge >= 0.3 is 0 Å². The van der Waals surface area contributed by atoms with Gasteiger partial charge in [0.25, 0.3) is 0 Å². The summed E-state index contributed by atoms with van der Waals surface area (Å²) in [4.78, 5) is 22.8. The average Bonchev–Trinajstić information content (AvgIpc) is 3.04. The van der Waals surface area contributed by atoms with Gasteiger partial charge in [-0.05, 0) is 29.8 Å². The summed E-state index contributed by atoms with van der Waals surface area (Å²) < 4.78 is 1.98. The maximum absolute atomic E-state index is 12.1. The molecule has 3 heterocycles. The first-order valence-corrected chi connectivity index (χ1v) is 7.51. The van der Waals surface area contributed by atoms with Gasteiger partial charge in [0, 0.05) is 25.5 Å². The van der Waals surface area contributed by atoms with E-state index in [2.05, 4.69) is 9.97 Å². The normalized spacial score (nSPS) is 13.8. The maximum atomic E-state index is 12.1. The molecule has 1 aliphatic heterocycles. The molecule has 0 unspecified atom stereocenters. The first kappa shape index (κ1) is 13.9. The van der Waals surface area contributed by atoms with Crippen LogP contribution in [0.3, 0.4) is 0 Å². The summed E-state index contributed by atoms with van der Waals surface area (Å²) in [5.74, 6) is 0.818. The van der Waals surface area contributed by atoms with E-state index in [1.165, 1.54) is 0 Å². The number of aliphatic hydroxyl groups excluding tert-OH is 1. The van der Waals surface area contributed by atoms with Crippen molar-refractivity contribution >= 4 is 22.6 Å². The molecule has 0 spiro atoms. The van der Waals surface area contributed by atoms with Gasteiger partial charge < -0.3 is 14.6 Å². The second-order valence-electron chi connectivity index (χ2n) is 5.62. The summed E-state index contributed by atoms with van der Waals surface area (Å²) in [6.45, 7) is 0.274. The van der Waals surface area contributed by atoms with Crippen molar-refractivity contribution in [1.29, 1.82) is 0 Å². The lowest BCUT2D eigenvalue weighted by molar-refractivity contribution is -0.117. The molecule has 1 aromatic carbocycles. The van der Waals surface area contributed by atoms with Crippen LogP contribution in [0.5, 0.6) is 0 Å². The molecule has 0 atom stereocenters. The molecule has 0 radical (unpaired) electrons. The molecule has 1 N–H and O–H groups in total. The number of benzene rings is 1. The predicted octanol–water partition coefficient (Wildman–Crippen LogP) is 1.52. The molecule has 1 aliphatic rings.